The standard InChI is InChI=1S/C29H31N3O6S/c1-30-27(25-5-4-12-39-25)26(19-14-22(35-2)23(36-3)15-20(19)28(30)33)29(34)32-10-8-31(9-11-32)16-18-6-7-21-24(13-18)38-17-37-21/h4-7,12-15,26-27H,8-11,16-17H2,1-3H3/t26-,27+/m0/s1. The molecule has 2 aromatic carbocycles. The minimum absolute atomic E-state index is 0.0175. The fourth-order valence-electron chi connectivity index (χ4n) is 5.75. The molecule has 2 atom stereocenters. The molecule has 0 bridgehead atoms. The Morgan fingerprint density at radius 2 is 1.74 bits per heavy atom. The van der Waals surface area contributed by atoms with E-state index in [4.69, 9.17) is 18.9 Å². The van der Waals surface area contributed by atoms with E-state index in [0.29, 0.717) is 35.7 Å². The van der Waals surface area contributed by atoms with Crippen LogP contribution in [0.3, 0.4) is 0 Å². The second-order valence-corrected chi connectivity index (χ2v) is 10.9. The van der Waals surface area contributed by atoms with E-state index in [0.717, 1.165) is 41.6 Å². The number of carbonyl (C=O) groups excluding carboxylic acids is 2. The molecule has 6 rings (SSSR count). The number of benzene rings is 2. The first kappa shape index (κ1) is 25.5. The third kappa shape index (κ3) is 4.57. The largest absolute Gasteiger partial charge is 0.493 e. The molecule has 3 aromatic rings. The van der Waals surface area contributed by atoms with E-state index < -0.39 is 12.0 Å². The van der Waals surface area contributed by atoms with Gasteiger partial charge in [0.25, 0.3) is 5.91 Å². The molecular formula is C29H31N3O6S. The maximum Gasteiger partial charge on any atom is 0.254 e. The molecule has 3 aliphatic heterocycles. The molecule has 10 heteroatoms. The molecule has 0 spiro atoms. The van der Waals surface area contributed by atoms with E-state index in [1.807, 2.05) is 34.5 Å². The predicted molar refractivity (Wildman–Crippen MR) is 146 cm³/mol. The van der Waals surface area contributed by atoms with Gasteiger partial charge in [0.1, 0.15) is 0 Å². The van der Waals surface area contributed by atoms with Crippen molar-refractivity contribution in [1.82, 2.24) is 14.7 Å². The van der Waals surface area contributed by atoms with E-state index in [2.05, 4.69) is 11.0 Å². The first-order chi connectivity index (χ1) is 19.0. The van der Waals surface area contributed by atoms with E-state index in [9.17, 15) is 9.59 Å². The summed E-state index contributed by atoms with van der Waals surface area (Å²) in [6, 6.07) is 13.1. The minimum atomic E-state index is -0.554. The number of likely N-dealkylation sites (N-methyl/N-ethyl adjacent to an activating group) is 1. The Balaban J connectivity index is 1.26. The van der Waals surface area contributed by atoms with Crippen molar-refractivity contribution in [3.63, 3.8) is 0 Å². The normalized spacial score (nSPS) is 20.6. The van der Waals surface area contributed by atoms with Crippen LogP contribution in [0.4, 0.5) is 0 Å². The Bertz CT molecular complexity index is 1390. The highest BCUT2D eigenvalue weighted by molar-refractivity contribution is 7.10. The zero-order chi connectivity index (χ0) is 27.1. The third-order valence-corrected chi connectivity index (χ3v) is 8.75. The molecule has 1 saturated heterocycles. The first-order valence-electron chi connectivity index (χ1n) is 12.9. The molecule has 1 aromatic heterocycles. The van der Waals surface area contributed by atoms with Gasteiger partial charge in [-0.2, -0.15) is 0 Å². The van der Waals surface area contributed by atoms with Crippen LogP contribution in [0.2, 0.25) is 0 Å². The second-order valence-electron chi connectivity index (χ2n) is 9.94. The molecule has 2 amide bonds. The number of amides is 2. The summed E-state index contributed by atoms with van der Waals surface area (Å²) >= 11 is 1.56. The summed E-state index contributed by atoms with van der Waals surface area (Å²) in [6.45, 7) is 3.76. The number of hydrogen-bond donors (Lipinski definition) is 0. The van der Waals surface area contributed by atoms with Gasteiger partial charge in [-0.15, -0.1) is 11.3 Å². The fourth-order valence-corrected chi connectivity index (χ4v) is 6.66. The third-order valence-electron chi connectivity index (χ3n) is 7.80. The van der Waals surface area contributed by atoms with Crippen molar-refractivity contribution in [2.24, 2.45) is 0 Å². The molecule has 0 aliphatic carbocycles. The zero-order valence-corrected chi connectivity index (χ0v) is 23.0. The molecule has 1 fully saturated rings. The monoisotopic (exact) mass is 549 g/mol. The number of carbonyl (C=O) groups is 2. The van der Waals surface area contributed by atoms with Crippen molar-refractivity contribution in [1.29, 1.82) is 0 Å². The number of rotatable bonds is 6. The lowest BCUT2D eigenvalue weighted by Crippen LogP contribution is -2.52. The lowest BCUT2D eigenvalue weighted by Gasteiger charge is -2.43. The highest BCUT2D eigenvalue weighted by Crippen LogP contribution is 2.47. The Labute approximate surface area is 231 Å². The predicted octanol–water partition coefficient (Wildman–Crippen LogP) is 3.75. The summed E-state index contributed by atoms with van der Waals surface area (Å²) in [5.74, 6) is 1.86. The van der Waals surface area contributed by atoms with Gasteiger partial charge >= 0.3 is 0 Å². The van der Waals surface area contributed by atoms with Crippen molar-refractivity contribution in [2.45, 2.75) is 18.5 Å². The summed E-state index contributed by atoms with van der Waals surface area (Å²) in [6.07, 6.45) is 0. The van der Waals surface area contributed by atoms with Crippen molar-refractivity contribution in [3.8, 4) is 23.0 Å². The van der Waals surface area contributed by atoms with E-state index in [1.165, 1.54) is 0 Å². The van der Waals surface area contributed by atoms with E-state index in [1.54, 1.807) is 49.6 Å². The van der Waals surface area contributed by atoms with Gasteiger partial charge in [0, 0.05) is 50.2 Å². The number of thiophene rings is 1. The highest BCUT2D eigenvalue weighted by Gasteiger charge is 2.45. The lowest BCUT2D eigenvalue weighted by atomic mass is 9.81. The summed E-state index contributed by atoms with van der Waals surface area (Å²) in [7, 11) is 4.88. The van der Waals surface area contributed by atoms with Crippen LogP contribution in [-0.2, 0) is 11.3 Å². The molecule has 0 N–H and O–H groups in total. The molecule has 3 aliphatic rings. The summed E-state index contributed by atoms with van der Waals surface area (Å²) in [5, 5.41) is 1.98. The Hall–Kier alpha value is -3.76. The van der Waals surface area contributed by atoms with Gasteiger partial charge in [-0.3, -0.25) is 14.5 Å². The van der Waals surface area contributed by atoms with Crippen LogP contribution in [0.15, 0.2) is 47.8 Å². The number of ether oxygens (including phenoxy) is 4. The smallest absolute Gasteiger partial charge is 0.254 e. The Morgan fingerprint density at radius 3 is 2.46 bits per heavy atom. The van der Waals surface area contributed by atoms with Crippen molar-refractivity contribution < 1.29 is 28.5 Å². The zero-order valence-electron chi connectivity index (χ0n) is 22.2. The van der Waals surface area contributed by atoms with Crippen LogP contribution in [0.5, 0.6) is 23.0 Å². The Kier molecular flexibility index (Phi) is 6.82. The average Bonchev–Trinajstić information content (AvgIpc) is 3.66. The maximum absolute atomic E-state index is 14.3. The number of piperazine rings is 1. The van der Waals surface area contributed by atoms with Gasteiger partial charge in [0.15, 0.2) is 23.0 Å². The molecule has 39 heavy (non-hydrogen) atoms. The van der Waals surface area contributed by atoms with Gasteiger partial charge < -0.3 is 28.7 Å². The SMILES string of the molecule is COc1cc2c(cc1OC)[C@H](C(=O)N1CCN(Cc3ccc4c(c3)OCO4)CC1)[C@@H](c1cccs1)N(C)C2=O. The highest BCUT2D eigenvalue weighted by atomic mass is 32.1. The average molecular weight is 550 g/mol. The van der Waals surface area contributed by atoms with E-state index >= 15 is 0 Å². The van der Waals surface area contributed by atoms with Gasteiger partial charge in [-0.25, -0.2) is 0 Å². The van der Waals surface area contributed by atoms with Crippen LogP contribution in [-0.4, -0.2) is 80.8 Å². The van der Waals surface area contributed by atoms with Crippen LogP contribution in [0.1, 0.15) is 38.3 Å². The quantitative estimate of drug-likeness (QED) is 0.463. The maximum atomic E-state index is 14.3. The number of nitrogens with zero attached hydrogens (tertiary/aromatic N) is 3. The van der Waals surface area contributed by atoms with Crippen LogP contribution in [0, 0.1) is 0 Å². The molecule has 9 nitrogen and oxygen atoms in total. The van der Waals surface area contributed by atoms with Gasteiger partial charge in [-0.1, -0.05) is 12.1 Å². The van der Waals surface area contributed by atoms with Crippen LogP contribution >= 0.6 is 11.3 Å². The van der Waals surface area contributed by atoms with Gasteiger partial charge in [0.2, 0.25) is 12.7 Å². The fraction of sp³-hybridized carbons (Fsp3) is 0.379. The van der Waals surface area contributed by atoms with Gasteiger partial charge in [0.05, 0.1) is 26.2 Å². The second kappa shape index (κ2) is 10.4. The lowest BCUT2D eigenvalue weighted by molar-refractivity contribution is -0.136. The molecule has 0 radical (unpaired) electrons. The van der Waals surface area contributed by atoms with E-state index in [-0.39, 0.29) is 18.6 Å². The topological polar surface area (TPSA) is 80.8 Å². The summed E-state index contributed by atoms with van der Waals surface area (Å²) in [5.41, 5.74) is 2.31. The minimum Gasteiger partial charge on any atom is -0.493 e. The van der Waals surface area contributed by atoms with Crippen LogP contribution in [0.25, 0.3) is 0 Å². The van der Waals surface area contributed by atoms with Crippen molar-refractivity contribution >= 4 is 23.2 Å². The van der Waals surface area contributed by atoms with Crippen LogP contribution < -0.4 is 18.9 Å². The molecule has 204 valence electrons. The summed E-state index contributed by atoms with van der Waals surface area (Å²) in [4.78, 5) is 34.8. The van der Waals surface area contributed by atoms with Gasteiger partial charge in [-0.05, 0) is 46.8 Å². The summed E-state index contributed by atoms with van der Waals surface area (Å²) < 4.78 is 22.0. The van der Waals surface area contributed by atoms with Crippen molar-refractivity contribution in [2.75, 3.05) is 54.2 Å². The number of hydrogen-bond acceptors (Lipinski definition) is 8. The number of fused-ring (bicyclic) bond motifs is 2. The first-order valence-corrected chi connectivity index (χ1v) is 13.8. The molecule has 4 heterocycles. The molecule has 0 saturated carbocycles. The molecule has 0 unspecified atom stereocenters. The Morgan fingerprint density at radius 1 is 1.00 bits per heavy atom. The van der Waals surface area contributed by atoms with Crippen molar-refractivity contribution in [3.05, 3.63) is 69.4 Å². The number of methoxy groups -OCH3 is 2. The molecular weight excluding hydrogens is 518 g/mol.